The standard InChI is InChI=1S/C12H14ClN5O/c1-8(19)16-12-4-3-9(5-11(12)13)14-6-10-7-15-17-18(10)2/h3-5,7,14H,6H2,1-2H3,(H,16,19). The van der Waals surface area contributed by atoms with Crippen molar-refractivity contribution in [2.24, 2.45) is 7.05 Å². The summed E-state index contributed by atoms with van der Waals surface area (Å²) in [6.07, 6.45) is 1.69. The third-order valence-electron chi connectivity index (χ3n) is 2.56. The van der Waals surface area contributed by atoms with Gasteiger partial charge < -0.3 is 10.6 Å². The van der Waals surface area contributed by atoms with Gasteiger partial charge in [0, 0.05) is 19.7 Å². The number of anilines is 2. The number of halogens is 1. The molecule has 1 heterocycles. The molecule has 6 nitrogen and oxygen atoms in total. The molecule has 0 spiro atoms. The second-order valence-electron chi connectivity index (χ2n) is 4.08. The number of amides is 1. The van der Waals surface area contributed by atoms with Gasteiger partial charge in [-0.2, -0.15) is 0 Å². The van der Waals surface area contributed by atoms with Crippen LogP contribution in [0.15, 0.2) is 24.4 Å². The summed E-state index contributed by atoms with van der Waals surface area (Å²) in [6, 6.07) is 5.37. The number of nitrogens with zero attached hydrogens (tertiary/aromatic N) is 3. The fraction of sp³-hybridized carbons (Fsp3) is 0.250. The molecule has 0 aliphatic rings. The molecule has 2 N–H and O–H groups in total. The molecular formula is C12H14ClN5O. The van der Waals surface area contributed by atoms with E-state index in [0.29, 0.717) is 17.3 Å². The molecular weight excluding hydrogens is 266 g/mol. The third kappa shape index (κ3) is 3.45. The molecule has 0 saturated carbocycles. The minimum absolute atomic E-state index is 0.149. The summed E-state index contributed by atoms with van der Waals surface area (Å²) in [7, 11) is 1.83. The Labute approximate surface area is 115 Å². The molecule has 0 aliphatic carbocycles. The maximum atomic E-state index is 11.0. The lowest BCUT2D eigenvalue weighted by molar-refractivity contribution is -0.114. The van der Waals surface area contributed by atoms with E-state index in [9.17, 15) is 4.79 Å². The largest absolute Gasteiger partial charge is 0.379 e. The van der Waals surface area contributed by atoms with Crippen LogP contribution in [0.2, 0.25) is 5.02 Å². The van der Waals surface area contributed by atoms with Crippen molar-refractivity contribution in [3.05, 3.63) is 35.1 Å². The SMILES string of the molecule is CC(=O)Nc1ccc(NCc2cnnn2C)cc1Cl. The van der Waals surface area contributed by atoms with Crippen LogP contribution in [-0.4, -0.2) is 20.9 Å². The van der Waals surface area contributed by atoms with Crippen LogP contribution < -0.4 is 10.6 Å². The third-order valence-corrected chi connectivity index (χ3v) is 2.87. The number of aromatic nitrogens is 3. The molecule has 1 aromatic heterocycles. The second-order valence-corrected chi connectivity index (χ2v) is 4.49. The van der Waals surface area contributed by atoms with Gasteiger partial charge in [-0.1, -0.05) is 16.8 Å². The summed E-state index contributed by atoms with van der Waals surface area (Å²) in [4.78, 5) is 11.0. The molecule has 100 valence electrons. The number of benzene rings is 1. The van der Waals surface area contributed by atoms with Crippen LogP contribution in [0.1, 0.15) is 12.6 Å². The highest BCUT2D eigenvalue weighted by Gasteiger charge is 2.04. The zero-order valence-electron chi connectivity index (χ0n) is 10.6. The lowest BCUT2D eigenvalue weighted by atomic mass is 10.2. The van der Waals surface area contributed by atoms with Crippen molar-refractivity contribution in [1.29, 1.82) is 0 Å². The number of aryl methyl sites for hydroxylation is 1. The molecule has 2 rings (SSSR count). The number of carbonyl (C=O) groups excluding carboxylic acids is 1. The van der Waals surface area contributed by atoms with Gasteiger partial charge in [-0.05, 0) is 18.2 Å². The van der Waals surface area contributed by atoms with Crippen molar-refractivity contribution in [3.63, 3.8) is 0 Å². The van der Waals surface area contributed by atoms with E-state index in [0.717, 1.165) is 11.4 Å². The monoisotopic (exact) mass is 279 g/mol. The zero-order valence-corrected chi connectivity index (χ0v) is 11.4. The first kappa shape index (κ1) is 13.4. The van der Waals surface area contributed by atoms with Crippen LogP contribution in [0.5, 0.6) is 0 Å². The lowest BCUT2D eigenvalue weighted by Crippen LogP contribution is -2.07. The van der Waals surface area contributed by atoms with Gasteiger partial charge in [-0.25, -0.2) is 0 Å². The number of carbonyl (C=O) groups is 1. The van der Waals surface area contributed by atoms with Crippen LogP contribution in [-0.2, 0) is 18.4 Å². The van der Waals surface area contributed by atoms with Gasteiger partial charge in [0.15, 0.2) is 0 Å². The van der Waals surface area contributed by atoms with Crippen molar-refractivity contribution in [2.45, 2.75) is 13.5 Å². The Balaban J connectivity index is 2.04. The van der Waals surface area contributed by atoms with Gasteiger partial charge in [0.1, 0.15) is 0 Å². The first-order valence-corrected chi connectivity index (χ1v) is 6.08. The molecule has 0 saturated heterocycles. The molecule has 0 atom stereocenters. The number of hydrogen-bond acceptors (Lipinski definition) is 4. The molecule has 19 heavy (non-hydrogen) atoms. The molecule has 0 unspecified atom stereocenters. The van der Waals surface area contributed by atoms with E-state index < -0.39 is 0 Å². The summed E-state index contributed by atoms with van der Waals surface area (Å²) in [5.74, 6) is -0.149. The van der Waals surface area contributed by atoms with Crippen LogP contribution in [0.25, 0.3) is 0 Å². The Hall–Kier alpha value is -2.08. The van der Waals surface area contributed by atoms with Crippen molar-refractivity contribution in [2.75, 3.05) is 10.6 Å². The normalized spacial score (nSPS) is 10.3. The van der Waals surface area contributed by atoms with Gasteiger partial charge >= 0.3 is 0 Å². The lowest BCUT2D eigenvalue weighted by Gasteiger charge is -2.09. The minimum Gasteiger partial charge on any atom is -0.379 e. The van der Waals surface area contributed by atoms with E-state index in [2.05, 4.69) is 20.9 Å². The minimum atomic E-state index is -0.149. The molecule has 1 amide bonds. The number of hydrogen-bond donors (Lipinski definition) is 2. The summed E-state index contributed by atoms with van der Waals surface area (Å²) in [5, 5.41) is 14.0. The first-order valence-electron chi connectivity index (χ1n) is 5.71. The van der Waals surface area contributed by atoms with Gasteiger partial charge in [0.25, 0.3) is 0 Å². The highest BCUT2D eigenvalue weighted by atomic mass is 35.5. The van der Waals surface area contributed by atoms with Gasteiger partial charge in [0.05, 0.1) is 29.1 Å². The van der Waals surface area contributed by atoms with E-state index in [-0.39, 0.29) is 5.91 Å². The van der Waals surface area contributed by atoms with Gasteiger partial charge in [-0.15, -0.1) is 5.10 Å². The fourth-order valence-electron chi connectivity index (χ4n) is 1.58. The average molecular weight is 280 g/mol. The van der Waals surface area contributed by atoms with Crippen LogP contribution in [0.4, 0.5) is 11.4 Å². The maximum absolute atomic E-state index is 11.0. The van der Waals surface area contributed by atoms with Crippen LogP contribution in [0, 0.1) is 0 Å². The Morgan fingerprint density at radius 3 is 2.84 bits per heavy atom. The average Bonchev–Trinajstić information content (AvgIpc) is 2.75. The molecule has 0 aliphatic heterocycles. The highest BCUT2D eigenvalue weighted by molar-refractivity contribution is 6.34. The molecule has 1 aromatic carbocycles. The Morgan fingerprint density at radius 2 is 2.26 bits per heavy atom. The van der Waals surface area contributed by atoms with E-state index in [1.807, 2.05) is 13.1 Å². The van der Waals surface area contributed by atoms with Crippen molar-refractivity contribution in [1.82, 2.24) is 15.0 Å². The van der Waals surface area contributed by atoms with Crippen LogP contribution >= 0.6 is 11.6 Å². The molecule has 0 bridgehead atoms. The quantitative estimate of drug-likeness (QED) is 0.898. The van der Waals surface area contributed by atoms with Crippen LogP contribution in [0.3, 0.4) is 0 Å². The highest BCUT2D eigenvalue weighted by Crippen LogP contribution is 2.25. The number of rotatable bonds is 4. The topological polar surface area (TPSA) is 71.8 Å². The molecule has 0 radical (unpaired) electrons. The van der Waals surface area contributed by atoms with Crippen molar-refractivity contribution < 1.29 is 4.79 Å². The molecule has 0 fully saturated rings. The predicted octanol–water partition coefficient (Wildman–Crippen LogP) is 2.04. The Bertz CT molecular complexity index is 596. The molecule has 7 heteroatoms. The van der Waals surface area contributed by atoms with Gasteiger partial charge in [-0.3, -0.25) is 9.48 Å². The van der Waals surface area contributed by atoms with E-state index in [4.69, 9.17) is 11.6 Å². The fourth-order valence-corrected chi connectivity index (χ4v) is 1.81. The second kappa shape index (κ2) is 5.71. The maximum Gasteiger partial charge on any atom is 0.221 e. The Kier molecular flexibility index (Phi) is 4.01. The van der Waals surface area contributed by atoms with Gasteiger partial charge in [0.2, 0.25) is 5.91 Å². The summed E-state index contributed by atoms with van der Waals surface area (Å²) >= 11 is 6.08. The Morgan fingerprint density at radius 1 is 1.47 bits per heavy atom. The predicted molar refractivity (Wildman–Crippen MR) is 74.1 cm³/mol. The van der Waals surface area contributed by atoms with Crippen molar-refractivity contribution in [3.8, 4) is 0 Å². The summed E-state index contributed by atoms with van der Waals surface area (Å²) in [5.41, 5.74) is 2.42. The van der Waals surface area contributed by atoms with Crippen molar-refractivity contribution >= 4 is 28.9 Å². The van der Waals surface area contributed by atoms with E-state index >= 15 is 0 Å². The summed E-state index contributed by atoms with van der Waals surface area (Å²) in [6.45, 7) is 2.04. The van der Waals surface area contributed by atoms with E-state index in [1.165, 1.54) is 6.92 Å². The van der Waals surface area contributed by atoms with E-state index in [1.54, 1.807) is 23.0 Å². The first-order chi connectivity index (χ1) is 9.06. The zero-order chi connectivity index (χ0) is 13.8. The number of nitrogens with one attached hydrogen (secondary N) is 2. The smallest absolute Gasteiger partial charge is 0.221 e. The molecule has 2 aromatic rings. The summed E-state index contributed by atoms with van der Waals surface area (Å²) < 4.78 is 1.69.